The van der Waals surface area contributed by atoms with Crippen molar-refractivity contribution in [2.75, 3.05) is 25.0 Å². The summed E-state index contributed by atoms with van der Waals surface area (Å²) in [7, 11) is 1.83. The maximum absolute atomic E-state index is 4.37. The molecule has 2 N–H and O–H groups in total. The zero-order valence-electron chi connectivity index (χ0n) is 14.9. The van der Waals surface area contributed by atoms with Gasteiger partial charge in [-0.1, -0.05) is 42.5 Å². The van der Waals surface area contributed by atoms with E-state index in [1.165, 1.54) is 16.8 Å². The highest BCUT2D eigenvalue weighted by atomic mass is 127. The van der Waals surface area contributed by atoms with Gasteiger partial charge in [-0.05, 0) is 36.6 Å². The van der Waals surface area contributed by atoms with E-state index in [9.17, 15) is 0 Å². The summed E-state index contributed by atoms with van der Waals surface area (Å²) < 4.78 is 0. The van der Waals surface area contributed by atoms with Crippen LogP contribution in [0.15, 0.2) is 59.6 Å². The highest BCUT2D eigenvalue weighted by Gasteiger charge is 2.23. The molecule has 5 heteroatoms. The molecule has 25 heavy (non-hydrogen) atoms. The standard InChI is InChI=1S/C20H26N4.HI/c1-16-8-6-7-9-17(16)14-22-20(21-2)23-18-12-13-24(15-18)19-10-4-3-5-11-19;/h3-11,18H,12-15H2,1-2H3,(H2,21,22,23);1H. The van der Waals surface area contributed by atoms with E-state index in [1.807, 2.05) is 7.05 Å². The Morgan fingerprint density at radius 3 is 2.56 bits per heavy atom. The molecule has 1 aliphatic rings. The van der Waals surface area contributed by atoms with E-state index in [0.29, 0.717) is 6.04 Å². The minimum absolute atomic E-state index is 0. The number of hydrogen-bond acceptors (Lipinski definition) is 2. The summed E-state index contributed by atoms with van der Waals surface area (Å²) in [6, 6.07) is 19.5. The first-order valence-electron chi connectivity index (χ1n) is 8.58. The molecule has 1 unspecified atom stereocenters. The molecule has 0 bridgehead atoms. The second-order valence-corrected chi connectivity index (χ2v) is 6.26. The highest BCUT2D eigenvalue weighted by molar-refractivity contribution is 14.0. The van der Waals surface area contributed by atoms with Crippen LogP contribution in [0, 0.1) is 6.92 Å². The normalized spacial score (nSPS) is 17.1. The fraction of sp³-hybridized carbons (Fsp3) is 0.350. The molecule has 0 radical (unpaired) electrons. The molecule has 1 aliphatic heterocycles. The Hall–Kier alpha value is -1.76. The first-order valence-corrected chi connectivity index (χ1v) is 8.58. The van der Waals surface area contributed by atoms with E-state index in [2.05, 4.69) is 82.0 Å². The van der Waals surface area contributed by atoms with E-state index in [0.717, 1.165) is 32.0 Å². The molecule has 0 aromatic heterocycles. The number of hydrogen-bond donors (Lipinski definition) is 2. The van der Waals surface area contributed by atoms with Crippen LogP contribution in [-0.2, 0) is 6.54 Å². The van der Waals surface area contributed by atoms with Crippen LogP contribution in [0.3, 0.4) is 0 Å². The van der Waals surface area contributed by atoms with Gasteiger partial charge < -0.3 is 15.5 Å². The minimum atomic E-state index is 0. The first-order chi connectivity index (χ1) is 11.8. The van der Waals surface area contributed by atoms with Crippen LogP contribution in [-0.4, -0.2) is 32.1 Å². The third-order valence-corrected chi connectivity index (χ3v) is 4.58. The molecule has 2 aromatic rings. The van der Waals surface area contributed by atoms with Gasteiger partial charge in [-0.3, -0.25) is 4.99 Å². The molecule has 3 rings (SSSR count). The number of benzene rings is 2. The predicted molar refractivity (Wildman–Crippen MR) is 117 cm³/mol. The summed E-state index contributed by atoms with van der Waals surface area (Å²) in [5, 5.41) is 6.98. The lowest BCUT2D eigenvalue weighted by molar-refractivity contribution is 0.648. The Kier molecular flexibility index (Phi) is 7.55. The van der Waals surface area contributed by atoms with Crippen LogP contribution in [0.25, 0.3) is 0 Å². The molecule has 1 fully saturated rings. The van der Waals surface area contributed by atoms with Gasteiger partial charge in [0.1, 0.15) is 0 Å². The molecule has 0 spiro atoms. The van der Waals surface area contributed by atoms with E-state index in [1.54, 1.807) is 0 Å². The van der Waals surface area contributed by atoms with Gasteiger partial charge in [0.15, 0.2) is 5.96 Å². The summed E-state index contributed by atoms with van der Waals surface area (Å²) in [4.78, 5) is 6.79. The first kappa shape index (κ1) is 19.6. The average molecular weight is 450 g/mol. The van der Waals surface area contributed by atoms with Crippen molar-refractivity contribution >= 4 is 35.6 Å². The van der Waals surface area contributed by atoms with Gasteiger partial charge in [-0.15, -0.1) is 24.0 Å². The van der Waals surface area contributed by atoms with Crippen molar-refractivity contribution in [1.29, 1.82) is 0 Å². The van der Waals surface area contributed by atoms with Crippen molar-refractivity contribution in [2.45, 2.75) is 25.9 Å². The van der Waals surface area contributed by atoms with Crippen molar-refractivity contribution < 1.29 is 0 Å². The summed E-state index contributed by atoms with van der Waals surface area (Å²) in [6.07, 6.45) is 1.12. The topological polar surface area (TPSA) is 39.7 Å². The largest absolute Gasteiger partial charge is 0.369 e. The Morgan fingerprint density at radius 2 is 1.84 bits per heavy atom. The average Bonchev–Trinajstić information content (AvgIpc) is 3.09. The van der Waals surface area contributed by atoms with E-state index >= 15 is 0 Å². The molecule has 4 nitrogen and oxygen atoms in total. The zero-order chi connectivity index (χ0) is 16.8. The lowest BCUT2D eigenvalue weighted by atomic mass is 10.1. The van der Waals surface area contributed by atoms with Crippen molar-refractivity contribution in [3.8, 4) is 0 Å². The molecule has 2 aromatic carbocycles. The zero-order valence-corrected chi connectivity index (χ0v) is 17.2. The Balaban J connectivity index is 0.00000225. The lowest BCUT2D eigenvalue weighted by Gasteiger charge is -2.20. The predicted octanol–water partition coefficient (Wildman–Crippen LogP) is 3.56. The van der Waals surface area contributed by atoms with E-state index < -0.39 is 0 Å². The fourth-order valence-electron chi connectivity index (χ4n) is 3.13. The number of anilines is 1. The van der Waals surface area contributed by atoms with Crippen LogP contribution in [0.2, 0.25) is 0 Å². The van der Waals surface area contributed by atoms with Crippen LogP contribution in [0.1, 0.15) is 17.5 Å². The Labute approximate surface area is 167 Å². The fourth-order valence-corrected chi connectivity index (χ4v) is 3.13. The molecule has 1 saturated heterocycles. The van der Waals surface area contributed by atoms with Crippen molar-refractivity contribution in [3.05, 3.63) is 65.7 Å². The van der Waals surface area contributed by atoms with Gasteiger partial charge >= 0.3 is 0 Å². The van der Waals surface area contributed by atoms with Gasteiger partial charge in [-0.2, -0.15) is 0 Å². The van der Waals surface area contributed by atoms with Gasteiger partial charge in [0.05, 0.1) is 0 Å². The number of guanidine groups is 1. The van der Waals surface area contributed by atoms with Crippen molar-refractivity contribution in [1.82, 2.24) is 10.6 Å². The van der Waals surface area contributed by atoms with Crippen molar-refractivity contribution in [3.63, 3.8) is 0 Å². The Bertz CT molecular complexity index is 687. The number of nitrogens with one attached hydrogen (secondary N) is 2. The van der Waals surface area contributed by atoms with E-state index in [-0.39, 0.29) is 24.0 Å². The minimum Gasteiger partial charge on any atom is -0.369 e. The number of rotatable bonds is 4. The third-order valence-electron chi connectivity index (χ3n) is 4.58. The van der Waals surface area contributed by atoms with Crippen LogP contribution in [0.5, 0.6) is 0 Å². The Morgan fingerprint density at radius 1 is 1.12 bits per heavy atom. The molecular weight excluding hydrogens is 423 g/mol. The summed E-state index contributed by atoms with van der Waals surface area (Å²) in [6.45, 7) is 5.02. The number of aliphatic imine (C=N–C) groups is 1. The quantitative estimate of drug-likeness (QED) is 0.425. The maximum Gasteiger partial charge on any atom is 0.191 e. The monoisotopic (exact) mass is 450 g/mol. The van der Waals surface area contributed by atoms with Gasteiger partial charge in [0, 0.05) is 38.4 Å². The smallest absolute Gasteiger partial charge is 0.191 e. The number of nitrogens with zero attached hydrogens (tertiary/aromatic N) is 2. The maximum atomic E-state index is 4.37. The summed E-state index contributed by atoms with van der Waals surface area (Å²) in [5.41, 5.74) is 3.90. The second-order valence-electron chi connectivity index (χ2n) is 6.26. The SMILES string of the molecule is CN=C(NCc1ccccc1C)NC1CCN(c2ccccc2)C1.I. The number of para-hydroxylation sites is 1. The number of halogens is 1. The summed E-state index contributed by atoms with van der Waals surface area (Å²) >= 11 is 0. The van der Waals surface area contributed by atoms with Crippen LogP contribution in [0.4, 0.5) is 5.69 Å². The van der Waals surface area contributed by atoms with Gasteiger partial charge in [0.2, 0.25) is 0 Å². The van der Waals surface area contributed by atoms with Crippen LogP contribution < -0.4 is 15.5 Å². The molecule has 0 amide bonds. The molecule has 0 aliphatic carbocycles. The van der Waals surface area contributed by atoms with Gasteiger partial charge in [0.25, 0.3) is 0 Å². The lowest BCUT2D eigenvalue weighted by Crippen LogP contribution is -2.44. The highest BCUT2D eigenvalue weighted by Crippen LogP contribution is 2.19. The van der Waals surface area contributed by atoms with Crippen LogP contribution >= 0.6 is 24.0 Å². The van der Waals surface area contributed by atoms with Crippen molar-refractivity contribution in [2.24, 2.45) is 4.99 Å². The molecule has 1 atom stereocenters. The van der Waals surface area contributed by atoms with Gasteiger partial charge in [-0.25, -0.2) is 0 Å². The second kappa shape index (κ2) is 9.65. The summed E-state index contributed by atoms with van der Waals surface area (Å²) in [5.74, 6) is 0.873. The molecule has 1 heterocycles. The molecule has 0 saturated carbocycles. The molecule has 134 valence electrons. The van der Waals surface area contributed by atoms with E-state index in [4.69, 9.17) is 0 Å². The third kappa shape index (κ3) is 5.36. The number of aryl methyl sites for hydroxylation is 1. The molecular formula is C20H27IN4.